The Morgan fingerprint density at radius 2 is 2.55 bits per heavy atom. The summed E-state index contributed by atoms with van der Waals surface area (Å²) in [4.78, 5) is 14.7. The molecule has 0 aliphatic carbocycles. The first-order valence-corrected chi connectivity index (χ1v) is 3.38. The quantitative estimate of drug-likeness (QED) is 0.635. The Hall–Kier alpha value is -1.09. The molecule has 0 saturated carbocycles. The van der Waals surface area contributed by atoms with Gasteiger partial charge in [0.2, 0.25) is 0 Å². The molecule has 1 heterocycles. The Morgan fingerprint density at radius 3 is 3.09 bits per heavy atom. The van der Waals surface area contributed by atoms with Gasteiger partial charge in [-0.05, 0) is 12.1 Å². The van der Waals surface area contributed by atoms with Crippen LogP contribution in [0.4, 0.5) is 0 Å². The maximum absolute atomic E-state index is 10.9. The number of amides is 1. The van der Waals surface area contributed by atoms with Crippen molar-refractivity contribution in [1.82, 2.24) is 10.3 Å². The van der Waals surface area contributed by atoms with Gasteiger partial charge < -0.3 is 5.32 Å². The Labute approximate surface area is 69.4 Å². The molecule has 0 aliphatic heterocycles. The van der Waals surface area contributed by atoms with Gasteiger partial charge in [-0.1, -0.05) is 11.6 Å². The van der Waals surface area contributed by atoms with E-state index in [2.05, 4.69) is 16.4 Å². The highest BCUT2D eigenvalue weighted by atomic mass is 35.5. The smallest absolute Gasteiger partial charge is 0.269 e. The number of rotatable bonds is 1. The lowest BCUT2D eigenvalue weighted by Gasteiger charge is -1.96. The normalized spacial score (nSPS) is 9.27. The van der Waals surface area contributed by atoms with Crippen LogP contribution < -0.4 is 5.32 Å². The van der Waals surface area contributed by atoms with Crippen molar-refractivity contribution < 1.29 is 4.79 Å². The molecular weight excluding hydrogens is 164 g/mol. The molecule has 1 rings (SSSR count). The van der Waals surface area contributed by atoms with Crippen LogP contribution in [0.3, 0.4) is 0 Å². The van der Waals surface area contributed by atoms with E-state index < -0.39 is 0 Å². The summed E-state index contributed by atoms with van der Waals surface area (Å²) in [5.74, 6) is -0.249. The minimum Gasteiger partial charge on any atom is -0.354 e. The van der Waals surface area contributed by atoms with E-state index in [1.165, 1.54) is 7.05 Å². The van der Waals surface area contributed by atoms with Crippen molar-refractivity contribution in [1.29, 1.82) is 0 Å². The molecule has 0 spiro atoms. The van der Waals surface area contributed by atoms with E-state index in [1.807, 2.05) is 0 Å². The summed E-state index contributed by atoms with van der Waals surface area (Å²) in [5.41, 5.74) is 0.302. The molecule has 3 nitrogen and oxygen atoms in total. The maximum Gasteiger partial charge on any atom is 0.269 e. The summed E-state index contributed by atoms with van der Waals surface area (Å²) >= 11 is 5.50. The number of carbonyl (C=O) groups is 1. The number of halogens is 1. The summed E-state index contributed by atoms with van der Waals surface area (Å²) < 4.78 is 0. The molecule has 0 unspecified atom stereocenters. The maximum atomic E-state index is 10.9. The Morgan fingerprint density at radius 1 is 1.82 bits per heavy atom. The monoisotopic (exact) mass is 169 g/mol. The number of carbonyl (C=O) groups excluding carboxylic acids is 1. The molecule has 1 N–H and O–H groups in total. The third-order valence-electron chi connectivity index (χ3n) is 1.12. The van der Waals surface area contributed by atoms with Crippen molar-refractivity contribution in [2.24, 2.45) is 0 Å². The van der Waals surface area contributed by atoms with E-state index in [0.29, 0.717) is 5.69 Å². The second-order valence-corrected chi connectivity index (χ2v) is 2.20. The number of pyridine rings is 1. The number of aromatic nitrogens is 1. The Bertz CT molecular complexity index is 275. The van der Waals surface area contributed by atoms with E-state index in [4.69, 9.17) is 11.6 Å². The van der Waals surface area contributed by atoms with Gasteiger partial charge in [0.15, 0.2) is 0 Å². The molecule has 0 atom stereocenters. The summed E-state index contributed by atoms with van der Waals surface area (Å²) in [6.07, 6.45) is 0. The van der Waals surface area contributed by atoms with E-state index >= 15 is 0 Å². The van der Waals surface area contributed by atoms with Crippen molar-refractivity contribution >= 4 is 17.5 Å². The van der Waals surface area contributed by atoms with Gasteiger partial charge in [-0.2, -0.15) is 0 Å². The van der Waals surface area contributed by atoms with E-state index in [-0.39, 0.29) is 11.1 Å². The van der Waals surface area contributed by atoms with Gasteiger partial charge in [-0.3, -0.25) is 4.79 Å². The van der Waals surface area contributed by atoms with Gasteiger partial charge in [-0.25, -0.2) is 4.98 Å². The van der Waals surface area contributed by atoms with Gasteiger partial charge in [0, 0.05) is 13.1 Å². The molecule has 1 aromatic rings. The van der Waals surface area contributed by atoms with Crippen LogP contribution in [0.1, 0.15) is 10.5 Å². The van der Waals surface area contributed by atoms with Crippen molar-refractivity contribution in [2.45, 2.75) is 0 Å². The lowest BCUT2D eigenvalue weighted by atomic mass is 10.3. The van der Waals surface area contributed by atoms with Crippen LogP contribution in [0.15, 0.2) is 12.1 Å². The molecule has 11 heavy (non-hydrogen) atoms. The predicted molar refractivity (Wildman–Crippen MR) is 41.5 cm³/mol. The van der Waals surface area contributed by atoms with Crippen molar-refractivity contribution in [3.05, 3.63) is 29.0 Å². The Balaban J connectivity index is 2.96. The zero-order chi connectivity index (χ0) is 8.27. The highest BCUT2D eigenvalue weighted by Crippen LogP contribution is 2.03. The van der Waals surface area contributed by atoms with Crippen LogP contribution in [0.5, 0.6) is 0 Å². The number of hydrogen-bond acceptors (Lipinski definition) is 2. The number of hydrogen-bond donors (Lipinski definition) is 1. The molecule has 0 saturated heterocycles. The van der Waals surface area contributed by atoms with Crippen LogP contribution in [-0.2, 0) is 0 Å². The second-order valence-electron chi connectivity index (χ2n) is 1.84. The van der Waals surface area contributed by atoms with Crippen molar-refractivity contribution in [3.63, 3.8) is 0 Å². The summed E-state index contributed by atoms with van der Waals surface area (Å²) in [6.45, 7) is 0. The zero-order valence-electron chi connectivity index (χ0n) is 5.89. The molecule has 1 radical (unpaired) electrons. The molecule has 0 fully saturated rings. The van der Waals surface area contributed by atoms with E-state index in [9.17, 15) is 4.79 Å². The first kappa shape index (κ1) is 8.01. The third kappa shape index (κ3) is 1.91. The lowest BCUT2D eigenvalue weighted by Crippen LogP contribution is -2.18. The van der Waals surface area contributed by atoms with Crippen LogP contribution in [0.25, 0.3) is 0 Å². The average Bonchev–Trinajstić information content (AvgIpc) is 2.03. The SMILES string of the molecule is CNC(=O)c1cc[c]c(Cl)n1. The molecule has 0 bridgehead atoms. The number of nitrogens with zero attached hydrogens (tertiary/aromatic N) is 1. The number of nitrogens with one attached hydrogen (secondary N) is 1. The molecule has 1 amide bonds. The fourth-order valence-corrected chi connectivity index (χ4v) is 0.773. The van der Waals surface area contributed by atoms with Crippen LogP contribution in [0.2, 0.25) is 5.15 Å². The summed E-state index contributed by atoms with van der Waals surface area (Å²) in [6, 6.07) is 5.73. The van der Waals surface area contributed by atoms with Gasteiger partial charge in [0.25, 0.3) is 5.91 Å². The molecule has 4 heteroatoms. The van der Waals surface area contributed by atoms with Crippen LogP contribution in [-0.4, -0.2) is 17.9 Å². The van der Waals surface area contributed by atoms with Gasteiger partial charge >= 0.3 is 0 Å². The largest absolute Gasteiger partial charge is 0.354 e. The van der Waals surface area contributed by atoms with Crippen LogP contribution in [0, 0.1) is 6.07 Å². The second kappa shape index (κ2) is 3.34. The highest BCUT2D eigenvalue weighted by Gasteiger charge is 2.03. The molecule has 0 aliphatic rings. The highest BCUT2D eigenvalue weighted by molar-refractivity contribution is 6.29. The van der Waals surface area contributed by atoms with E-state index in [1.54, 1.807) is 12.1 Å². The topological polar surface area (TPSA) is 42.0 Å². The summed E-state index contributed by atoms with van der Waals surface area (Å²) in [7, 11) is 1.54. The van der Waals surface area contributed by atoms with Crippen LogP contribution >= 0.6 is 11.6 Å². The lowest BCUT2D eigenvalue weighted by molar-refractivity contribution is 0.0958. The standard InChI is InChI=1S/C7H6ClN2O/c1-9-7(11)5-3-2-4-6(8)10-5/h2-3H,1H3,(H,9,11). The van der Waals surface area contributed by atoms with E-state index in [0.717, 1.165) is 0 Å². The third-order valence-corrected chi connectivity index (χ3v) is 1.32. The Kier molecular flexibility index (Phi) is 2.44. The minimum absolute atomic E-state index is 0.200. The van der Waals surface area contributed by atoms with Crippen molar-refractivity contribution in [2.75, 3.05) is 7.05 Å². The first-order valence-electron chi connectivity index (χ1n) is 3.00. The molecule has 1 aromatic heterocycles. The first-order chi connectivity index (χ1) is 5.24. The molecule has 57 valence electrons. The van der Waals surface area contributed by atoms with Gasteiger partial charge in [-0.15, -0.1) is 0 Å². The fraction of sp³-hybridized carbons (Fsp3) is 0.143. The minimum atomic E-state index is -0.249. The zero-order valence-corrected chi connectivity index (χ0v) is 6.64. The van der Waals surface area contributed by atoms with Gasteiger partial charge in [0.05, 0.1) is 0 Å². The molecular formula is C7H6ClN2O. The predicted octanol–water partition coefficient (Wildman–Crippen LogP) is 0.895. The molecule has 0 aromatic carbocycles. The van der Waals surface area contributed by atoms with Crippen molar-refractivity contribution in [3.8, 4) is 0 Å². The van der Waals surface area contributed by atoms with Gasteiger partial charge in [0.1, 0.15) is 10.8 Å². The average molecular weight is 170 g/mol. The summed E-state index contributed by atoms with van der Waals surface area (Å²) in [5, 5.41) is 2.63. The fourth-order valence-electron chi connectivity index (χ4n) is 0.619.